The summed E-state index contributed by atoms with van der Waals surface area (Å²) in [6.07, 6.45) is 0. The molecular weight excluding hydrogens is 825 g/mol. The third-order valence-corrected chi connectivity index (χ3v) is 12.9. The smallest absolute Gasteiger partial charge is 0.336 e. The molecule has 0 unspecified atom stereocenters. The Morgan fingerprint density at radius 3 is 1.21 bits per heavy atom. The molecule has 10 heteroatoms. The Morgan fingerprint density at radius 2 is 0.848 bits per heavy atom. The third-order valence-electron chi connectivity index (χ3n) is 12.9. The molecule has 2 saturated heterocycles. The molecule has 0 radical (unpaired) electrons. The van der Waals surface area contributed by atoms with Gasteiger partial charge in [-0.3, -0.25) is 9.80 Å². The Bertz CT molecular complexity index is 2950. The fraction of sp³-hybridized carbons (Fsp3) is 0.250. The van der Waals surface area contributed by atoms with Crippen LogP contribution in [0.15, 0.2) is 140 Å². The van der Waals surface area contributed by atoms with Crippen molar-refractivity contribution in [2.45, 2.75) is 40.8 Å². The minimum atomic E-state index is -0.362. The molecule has 2 aliphatic rings. The zero-order chi connectivity index (χ0) is 45.9. The number of rotatable bonds is 8. The normalized spacial score (nSPS) is 14.6. The molecule has 336 valence electrons. The number of nitrogen functional groups attached to an aromatic ring is 2. The van der Waals surface area contributed by atoms with Gasteiger partial charge < -0.3 is 29.8 Å². The Labute approximate surface area is 385 Å². The van der Waals surface area contributed by atoms with Crippen LogP contribution in [0, 0.1) is 27.7 Å². The van der Waals surface area contributed by atoms with E-state index >= 15 is 0 Å². The van der Waals surface area contributed by atoms with Gasteiger partial charge in [-0.2, -0.15) is 0 Å². The third kappa shape index (κ3) is 9.59. The first-order valence-electron chi connectivity index (χ1n) is 22.7. The lowest BCUT2D eigenvalue weighted by atomic mass is 9.89. The summed E-state index contributed by atoms with van der Waals surface area (Å²) in [6.45, 7) is 17.3. The molecule has 10 nitrogen and oxygen atoms in total. The first-order chi connectivity index (χ1) is 32.0. The average Bonchev–Trinajstić information content (AvgIpc) is 3.30. The van der Waals surface area contributed by atoms with Crippen molar-refractivity contribution >= 4 is 33.3 Å². The molecule has 0 aliphatic carbocycles. The maximum absolute atomic E-state index is 12.3. The molecule has 4 heterocycles. The molecule has 0 spiro atoms. The van der Waals surface area contributed by atoms with Gasteiger partial charge in [0, 0.05) is 84.7 Å². The van der Waals surface area contributed by atoms with E-state index in [0.29, 0.717) is 22.5 Å². The SMILES string of the molecule is Cc1cc2oc(=O)cc(-c3cccc(N)c3)c2c(C)c1-c1ccc(CN2CCOCC2)cc1.Cc1cc2oc(=O)cc(-c3cccc(N)c3)c2c(C)c1-c1ccc(CN2CCOCC2)cc1. The van der Waals surface area contributed by atoms with Gasteiger partial charge in [0.15, 0.2) is 0 Å². The molecule has 0 bridgehead atoms. The van der Waals surface area contributed by atoms with Crippen molar-refractivity contribution in [3.63, 3.8) is 0 Å². The maximum Gasteiger partial charge on any atom is 0.336 e. The molecular formula is C56H56N4O6. The summed E-state index contributed by atoms with van der Waals surface area (Å²) in [5.74, 6) is 0. The molecule has 10 rings (SSSR count). The van der Waals surface area contributed by atoms with Crippen LogP contribution in [-0.2, 0) is 22.6 Å². The van der Waals surface area contributed by atoms with Crippen molar-refractivity contribution in [2.75, 3.05) is 64.1 Å². The van der Waals surface area contributed by atoms with Gasteiger partial charge in [0.2, 0.25) is 0 Å². The summed E-state index contributed by atoms with van der Waals surface area (Å²) in [4.78, 5) is 29.5. The van der Waals surface area contributed by atoms with Gasteiger partial charge in [-0.15, -0.1) is 0 Å². The molecule has 8 aromatic rings. The average molecular weight is 881 g/mol. The summed E-state index contributed by atoms with van der Waals surface area (Å²) in [5, 5.41) is 1.89. The van der Waals surface area contributed by atoms with Crippen LogP contribution in [0.5, 0.6) is 0 Å². The van der Waals surface area contributed by atoms with Gasteiger partial charge >= 0.3 is 11.3 Å². The number of morpholine rings is 2. The molecule has 0 atom stereocenters. The lowest BCUT2D eigenvalue weighted by Gasteiger charge is -2.26. The van der Waals surface area contributed by atoms with Crippen molar-refractivity contribution in [3.8, 4) is 44.5 Å². The molecule has 2 aliphatic heterocycles. The van der Waals surface area contributed by atoms with E-state index in [0.717, 1.165) is 132 Å². The number of benzene rings is 6. The molecule has 0 amide bonds. The fourth-order valence-electron chi connectivity index (χ4n) is 9.72. The first kappa shape index (κ1) is 44.4. The van der Waals surface area contributed by atoms with Crippen LogP contribution in [-0.4, -0.2) is 62.4 Å². The minimum Gasteiger partial charge on any atom is -0.423 e. The molecule has 4 N–H and O–H groups in total. The second kappa shape index (κ2) is 19.3. The molecule has 2 fully saturated rings. The Morgan fingerprint density at radius 1 is 0.470 bits per heavy atom. The quantitative estimate of drug-likeness (QED) is 0.112. The van der Waals surface area contributed by atoms with E-state index < -0.39 is 0 Å². The zero-order valence-electron chi connectivity index (χ0n) is 38.1. The van der Waals surface area contributed by atoms with Crippen molar-refractivity contribution in [1.82, 2.24) is 9.80 Å². The zero-order valence-corrected chi connectivity index (χ0v) is 38.1. The number of anilines is 2. The number of fused-ring (bicyclic) bond motifs is 2. The van der Waals surface area contributed by atoms with Gasteiger partial charge in [-0.25, -0.2) is 9.59 Å². The summed E-state index contributed by atoms with van der Waals surface area (Å²) in [7, 11) is 0. The van der Waals surface area contributed by atoms with E-state index in [9.17, 15) is 9.59 Å². The highest BCUT2D eigenvalue weighted by molar-refractivity contribution is 6.01. The number of hydrogen-bond donors (Lipinski definition) is 2. The van der Waals surface area contributed by atoms with Crippen LogP contribution >= 0.6 is 0 Å². The van der Waals surface area contributed by atoms with E-state index in [4.69, 9.17) is 29.8 Å². The number of nitrogens with two attached hydrogens (primary N) is 2. The maximum atomic E-state index is 12.3. The van der Waals surface area contributed by atoms with E-state index in [-0.39, 0.29) is 11.3 Å². The van der Waals surface area contributed by atoms with Gasteiger partial charge in [0.25, 0.3) is 0 Å². The van der Waals surface area contributed by atoms with Gasteiger partial charge in [0.05, 0.1) is 26.4 Å². The molecule has 0 saturated carbocycles. The van der Waals surface area contributed by atoms with E-state index in [1.165, 1.54) is 22.3 Å². The van der Waals surface area contributed by atoms with Crippen LogP contribution < -0.4 is 22.7 Å². The van der Waals surface area contributed by atoms with Crippen LogP contribution in [0.4, 0.5) is 11.4 Å². The van der Waals surface area contributed by atoms with Crippen molar-refractivity contribution in [1.29, 1.82) is 0 Å². The number of nitrogens with zero attached hydrogens (tertiary/aromatic N) is 2. The predicted molar refractivity (Wildman–Crippen MR) is 267 cm³/mol. The second-order valence-electron chi connectivity index (χ2n) is 17.5. The number of aryl methyl sites for hydroxylation is 4. The van der Waals surface area contributed by atoms with Crippen LogP contribution in [0.2, 0.25) is 0 Å². The highest BCUT2D eigenvalue weighted by atomic mass is 16.5. The highest BCUT2D eigenvalue weighted by Crippen LogP contribution is 2.40. The topological polar surface area (TPSA) is 137 Å². The standard InChI is InChI=1S/2C28H28N2O3/c2*1-18-14-25-28(24(16-26(31)33-25)22-4-3-5-23(29)15-22)19(2)27(18)21-8-6-20(7-9-21)17-30-10-12-32-13-11-30/h2*3-9,14-16H,10-13,17,29H2,1-2H3. The Kier molecular flexibility index (Phi) is 13.0. The number of hydrogen-bond acceptors (Lipinski definition) is 10. The first-order valence-corrected chi connectivity index (χ1v) is 22.7. The lowest BCUT2D eigenvalue weighted by molar-refractivity contribution is 0.0341. The largest absolute Gasteiger partial charge is 0.423 e. The summed E-state index contributed by atoms with van der Waals surface area (Å²) >= 11 is 0. The molecule has 6 aromatic carbocycles. The summed E-state index contributed by atoms with van der Waals surface area (Å²) in [5.41, 5.74) is 28.9. The monoisotopic (exact) mass is 880 g/mol. The van der Waals surface area contributed by atoms with Crippen molar-refractivity contribution < 1.29 is 18.3 Å². The molecule has 66 heavy (non-hydrogen) atoms. The van der Waals surface area contributed by atoms with E-state index in [1.54, 1.807) is 12.1 Å². The Hall–Kier alpha value is -6.82. The van der Waals surface area contributed by atoms with Gasteiger partial charge in [-0.05, 0) is 131 Å². The van der Waals surface area contributed by atoms with Crippen molar-refractivity contribution in [2.24, 2.45) is 0 Å². The van der Waals surface area contributed by atoms with E-state index in [2.05, 4.69) is 86.0 Å². The van der Waals surface area contributed by atoms with Crippen molar-refractivity contribution in [3.05, 3.63) is 176 Å². The Balaban J connectivity index is 0.000000166. The molecule has 2 aromatic heterocycles. The highest BCUT2D eigenvalue weighted by Gasteiger charge is 2.20. The summed E-state index contributed by atoms with van der Waals surface area (Å²) in [6, 6.07) is 39.9. The van der Waals surface area contributed by atoms with Crippen LogP contribution in [0.3, 0.4) is 0 Å². The number of ether oxygens (including phenoxy) is 2. The summed E-state index contributed by atoms with van der Waals surface area (Å²) < 4.78 is 22.1. The van der Waals surface area contributed by atoms with Gasteiger partial charge in [-0.1, -0.05) is 72.8 Å². The van der Waals surface area contributed by atoms with Gasteiger partial charge in [0.1, 0.15) is 11.2 Å². The lowest BCUT2D eigenvalue weighted by Crippen LogP contribution is -2.35. The fourth-order valence-corrected chi connectivity index (χ4v) is 9.72. The predicted octanol–water partition coefficient (Wildman–Crippen LogP) is 10.3. The van der Waals surface area contributed by atoms with Crippen LogP contribution in [0.25, 0.3) is 66.4 Å². The van der Waals surface area contributed by atoms with Crippen LogP contribution in [0.1, 0.15) is 33.4 Å². The van der Waals surface area contributed by atoms with E-state index in [1.807, 2.05) is 60.7 Å². The minimum absolute atomic E-state index is 0.362. The second-order valence-corrected chi connectivity index (χ2v) is 17.5.